The molecule has 0 radical (unpaired) electrons. The van der Waals surface area contributed by atoms with Gasteiger partial charge in [-0.05, 0) is 37.3 Å². The number of rotatable bonds is 2. The summed E-state index contributed by atoms with van der Waals surface area (Å²) < 4.78 is 19.1. The van der Waals surface area contributed by atoms with Crippen LogP contribution in [-0.2, 0) is 0 Å². The van der Waals surface area contributed by atoms with Gasteiger partial charge in [-0.25, -0.2) is 4.39 Å². The van der Waals surface area contributed by atoms with Crippen molar-refractivity contribution in [1.82, 2.24) is 5.16 Å². The summed E-state index contributed by atoms with van der Waals surface area (Å²) in [6.45, 7) is 1.72. The lowest BCUT2D eigenvalue weighted by Crippen LogP contribution is -1.87. The summed E-state index contributed by atoms with van der Waals surface area (Å²) in [4.78, 5) is 0. The number of benzene rings is 1. The van der Waals surface area contributed by atoms with Gasteiger partial charge in [0.2, 0.25) is 0 Å². The number of nitrogens with zero attached hydrogens (tertiary/aromatic N) is 1. The van der Waals surface area contributed by atoms with Gasteiger partial charge in [0.25, 0.3) is 0 Å². The minimum atomic E-state index is -0.303. The van der Waals surface area contributed by atoms with Crippen molar-refractivity contribution in [2.75, 3.05) is 5.73 Å². The second-order valence-electron chi connectivity index (χ2n) is 3.54. The lowest BCUT2D eigenvalue weighted by Gasteiger charge is -1.97. The fraction of sp³-hybridized carbons (Fsp3) is 0.0833. The molecule has 0 saturated heterocycles. The molecule has 88 valence electrons. The van der Waals surface area contributed by atoms with Crippen molar-refractivity contribution >= 4 is 33.8 Å². The highest BCUT2D eigenvalue weighted by atomic mass is 79.9. The van der Waals surface area contributed by atoms with Gasteiger partial charge in [-0.15, -0.1) is 0 Å². The molecule has 1 aromatic carbocycles. The average Bonchev–Trinajstić information content (AvgIpc) is 2.62. The largest absolute Gasteiger partial charge is 0.394 e. The average molecular weight is 297 g/mol. The van der Waals surface area contributed by atoms with Crippen molar-refractivity contribution < 1.29 is 8.91 Å². The zero-order valence-corrected chi connectivity index (χ0v) is 10.7. The Labute approximate surface area is 106 Å². The highest BCUT2D eigenvalue weighted by molar-refractivity contribution is 9.10. The number of hydrogen-bond acceptors (Lipinski definition) is 3. The SMILES string of the molecule is Cc1onc(C=Cc2cc(Br)ccc2F)c1N. The first-order chi connectivity index (χ1) is 8.08. The number of halogens is 2. The van der Waals surface area contributed by atoms with Crippen LogP contribution in [0.3, 0.4) is 0 Å². The summed E-state index contributed by atoms with van der Waals surface area (Å²) >= 11 is 3.28. The van der Waals surface area contributed by atoms with E-state index in [2.05, 4.69) is 21.1 Å². The molecule has 2 aromatic rings. The molecule has 3 nitrogen and oxygen atoms in total. The van der Waals surface area contributed by atoms with Gasteiger partial charge in [-0.1, -0.05) is 21.1 Å². The van der Waals surface area contributed by atoms with E-state index in [1.165, 1.54) is 6.07 Å². The number of hydrogen-bond donors (Lipinski definition) is 1. The fourth-order valence-electron chi connectivity index (χ4n) is 1.33. The van der Waals surface area contributed by atoms with Crippen molar-refractivity contribution in [3.8, 4) is 0 Å². The molecule has 0 unspecified atom stereocenters. The van der Waals surface area contributed by atoms with Crippen molar-refractivity contribution in [2.24, 2.45) is 0 Å². The van der Waals surface area contributed by atoms with Crippen LogP contribution in [0.4, 0.5) is 10.1 Å². The van der Waals surface area contributed by atoms with Crippen LogP contribution >= 0.6 is 15.9 Å². The molecule has 0 fully saturated rings. The third-order valence-corrected chi connectivity index (χ3v) is 2.81. The molecule has 0 atom stereocenters. The van der Waals surface area contributed by atoms with Crippen molar-refractivity contribution in [3.05, 3.63) is 45.5 Å². The van der Waals surface area contributed by atoms with Gasteiger partial charge in [0.05, 0.1) is 0 Å². The Kier molecular flexibility index (Phi) is 3.28. The Hall–Kier alpha value is -1.62. The van der Waals surface area contributed by atoms with Gasteiger partial charge in [0.1, 0.15) is 17.2 Å². The Balaban J connectivity index is 2.32. The van der Waals surface area contributed by atoms with E-state index in [-0.39, 0.29) is 5.82 Å². The summed E-state index contributed by atoms with van der Waals surface area (Å²) in [6, 6.07) is 4.71. The molecule has 17 heavy (non-hydrogen) atoms. The van der Waals surface area contributed by atoms with Crippen LogP contribution in [0.5, 0.6) is 0 Å². The summed E-state index contributed by atoms with van der Waals surface area (Å²) in [5, 5.41) is 3.76. The Bertz CT molecular complexity index is 578. The minimum absolute atomic E-state index is 0.303. The highest BCUT2D eigenvalue weighted by Crippen LogP contribution is 2.20. The molecule has 0 spiro atoms. The second-order valence-corrected chi connectivity index (χ2v) is 4.45. The first-order valence-electron chi connectivity index (χ1n) is 4.93. The molecular formula is C12H10BrFN2O. The van der Waals surface area contributed by atoms with Gasteiger partial charge in [0, 0.05) is 10.0 Å². The van der Waals surface area contributed by atoms with Gasteiger partial charge in [-0.2, -0.15) is 0 Å². The van der Waals surface area contributed by atoms with E-state index in [1.807, 2.05) is 0 Å². The summed E-state index contributed by atoms with van der Waals surface area (Å²) in [7, 11) is 0. The molecule has 0 aliphatic rings. The lowest BCUT2D eigenvalue weighted by molar-refractivity contribution is 0.397. The van der Waals surface area contributed by atoms with Crippen LogP contribution in [0.25, 0.3) is 12.2 Å². The molecule has 0 saturated carbocycles. The summed E-state index contributed by atoms with van der Waals surface area (Å²) in [5.41, 5.74) is 7.15. The monoisotopic (exact) mass is 296 g/mol. The van der Waals surface area contributed by atoms with Crippen LogP contribution in [0.15, 0.2) is 27.2 Å². The Morgan fingerprint density at radius 2 is 2.18 bits per heavy atom. The lowest BCUT2D eigenvalue weighted by atomic mass is 10.2. The second kappa shape index (κ2) is 4.71. The van der Waals surface area contributed by atoms with Crippen LogP contribution in [-0.4, -0.2) is 5.16 Å². The molecule has 2 N–H and O–H groups in total. The first kappa shape index (κ1) is 11.9. The maximum absolute atomic E-state index is 13.4. The molecule has 2 rings (SSSR count). The molecular weight excluding hydrogens is 287 g/mol. The Morgan fingerprint density at radius 3 is 2.82 bits per heavy atom. The molecule has 0 aliphatic carbocycles. The molecule has 1 heterocycles. The number of aromatic nitrogens is 1. The van der Waals surface area contributed by atoms with E-state index in [4.69, 9.17) is 10.3 Å². The quantitative estimate of drug-likeness (QED) is 0.920. The number of nitrogens with two attached hydrogens (primary N) is 1. The van der Waals surface area contributed by atoms with Crippen molar-refractivity contribution in [2.45, 2.75) is 6.92 Å². The van der Waals surface area contributed by atoms with Crippen LogP contribution < -0.4 is 5.73 Å². The molecule has 0 bridgehead atoms. The van der Waals surface area contributed by atoms with Crippen LogP contribution in [0, 0.1) is 12.7 Å². The van der Waals surface area contributed by atoms with Crippen molar-refractivity contribution in [3.63, 3.8) is 0 Å². The molecule has 0 aliphatic heterocycles. The number of nitrogen functional groups attached to an aromatic ring is 1. The number of anilines is 1. The first-order valence-corrected chi connectivity index (χ1v) is 5.72. The highest BCUT2D eigenvalue weighted by Gasteiger charge is 2.06. The maximum Gasteiger partial charge on any atom is 0.157 e. The zero-order valence-electron chi connectivity index (χ0n) is 9.08. The molecule has 0 amide bonds. The van der Waals surface area contributed by atoms with Gasteiger partial charge in [-0.3, -0.25) is 0 Å². The Morgan fingerprint density at radius 1 is 1.41 bits per heavy atom. The van der Waals surface area contributed by atoms with E-state index in [1.54, 1.807) is 31.2 Å². The van der Waals surface area contributed by atoms with Gasteiger partial charge in [0.15, 0.2) is 5.76 Å². The fourth-order valence-corrected chi connectivity index (χ4v) is 1.71. The predicted molar refractivity (Wildman–Crippen MR) is 68.7 cm³/mol. The summed E-state index contributed by atoms with van der Waals surface area (Å²) in [5.74, 6) is 0.252. The standard InChI is InChI=1S/C12H10BrFN2O/c1-7-12(15)11(16-17-7)5-2-8-6-9(13)3-4-10(8)14/h2-6H,15H2,1H3. The minimum Gasteiger partial charge on any atom is -0.394 e. The maximum atomic E-state index is 13.4. The third kappa shape index (κ3) is 2.55. The normalized spacial score (nSPS) is 11.2. The van der Waals surface area contributed by atoms with E-state index in [0.717, 1.165) is 4.47 Å². The zero-order chi connectivity index (χ0) is 12.4. The van der Waals surface area contributed by atoms with E-state index in [9.17, 15) is 4.39 Å². The number of aryl methyl sites for hydroxylation is 1. The van der Waals surface area contributed by atoms with E-state index >= 15 is 0 Å². The van der Waals surface area contributed by atoms with E-state index in [0.29, 0.717) is 22.7 Å². The van der Waals surface area contributed by atoms with E-state index < -0.39 is 0 Å². The topological polar surface area (TPSA) is 52.0 Å². The predicted octanol–water partition coefficient (Wildman–Crippen LogP) is 3.64. The molecule has 5 heteroatoms. The molecule has 1 aromatic heterocycles. The van der Waals surface area contributed by atoms with Gasteiger partial charge < -0.3 is 10.3 Å². The van der Waals surface area contributed by atoms with Crippen molar-refractivity contribution in [1.29, 1.82) is 0 Å². The van der Waals surface area contributed by atoms with Crippen LogP contribution in [0.2, 0.25) is 0 Å². The van der Waals surface area contributed by atoms with Gasteiger partial charge >= 0.3 is 0 Å². The smallest absolute Gasteiger partial charge is 0.157 e. The summed E-state index contributed by atoms with van der Waals surface area (Å²) in [6.07, 6.45) is 3.23. The third-order valence-electron chi connectivity index (χ3n) is 2.31. The van der Waals surface area contributed by atoms with Crippen LogP contribution in [0.1, 0.15) is 17.0 Å².